The molecule has 4 aromatic rings. The number of anilines is 1. The van der Waals surface area contributed by atoms with Gasteiger partial charge in [-0.15, -0.1) is 15.3 Å². The molecule has 0 aliphatic rings. The molecule has 156 valence electrons. The van der Waals surface area contributed by atoms with Crippen LogP contribution in [-0.4, -0.2) is 35.9 Å². The average molecular weight is 419 g/mol. The normalized spacial score (nSPS) is 10.8. The molecule has 0 fully saturated rings. The fourth-order valence-electron chi connectivity index (χ4n) is 2.82. The van der Waals surface area contributed by atoms with Gasteiger partial charge in [-0.2, -0.15) is 5.10 Å². The topological polar surface area (TPSA) is 108 Å². The summed E-state index contributed by atoms with van der Waals surface area (Å²) in [7, 11) is 0. The average Bonchev–Trinajstić information content (AvgIpc) is 3.26. The summed E-state index contributed by atoms with van der Waals surface area (Å²) in [6.45, 7) is 3.99. The lowest BCUT2D eigenvalue weighted by Gasteiger charge is -2.11. The third kappa shape index (κ3) is 4.53. The highest BCUT2D eigenvalue weighted by molar-refractivity contribution is 6.04. The van der Waals surface area contributed by atoms with Crippen LogP contribution in [0.25, 0.3) is 11.5 Å². The molecule has 3 heterocycles. The molecule has 0 aliphatic carbocycles. The predicted molar refractivity (Wildman–Crippen MR) is 110 cm³/mol. The van der Waals surface area contributed by atoms with Gasteiger partial charge in [-0.3, -0.25) is 4.79 Å². The van der Waals surface area contributed by atoms with E-state index in [1.54, 1.807) is 36.7 Å². The minimum absolute atomic E-state index is 0.135. The zero-order valence-corrected chi connectivity index (χ0v) is 16.7. The summed E-state index contributed by atoms with van der Waals surface area (Å²) in [6, 6.07) is 12.3. The molecule has 0 atom stereocenters. The van der Waals surface area contributed by atoms with Crippen LogP contribution in [0.1, 0.15) is 30.2 Å². The highest BCUT2D eigenvalue weighted by Crippen LogP contribution is 2.23. The molecule has 0 unspecified atom stereocenters. The summed E-state index contributed by atoms with van der Waals surface area (Å²) in [6.07, 6.45) is 3.12. The van der Waals surface area contributed by atoms with Crippen LogP contribution in [0.2, 0.25) is 0 Å². The van der Waals surface area contributed by atoms with E-state index in [0.29, 0.717) is 11.5 Å². The third-order valence-corrected chi connectivity index (χ3v) is 4.30. The van der Waals surface area contributed by atoms with Crippen molar-refractivity contribution in [2.75, 3.05) is 5.32 Å². The maximum atomic E-state index is 14.3. The van der Waals surface area contributed by atoms with Crippen LogP contribution in [0.4, 0.5) is 10.2 Å². The highest BCUT2D eigenvalue weighted by atomic mass is 19.1. The first-order valence-corrected chi connectivity index (χ1v) is 9.44. The van der Waals surface area contributed by atoms with E-state index in [2.05, 4.69) is 30.7 Å². The maximum absolute atomic E-state index is 14.3. The Labute approximate surface area is 177 Å². The number of pyridine rings is 1. The molecule has 0 radical (unpaired) electrons. The second-order valence-electron chi connectivity index (χ2n) is 6.82. The smallest absolute Gasteiger partial charge is 0.259 e. The van der Waals surface area contributed by atoms with Crippen LogP contribution in [0, 0.1) is 5.82 Å². The molecule has 9 nitrogen and oxygen atoms in total. The van der Waals surface area contributed by atoms with Gasteiger partial charge in [0.25, 0.3) is 5.91 Å². The zero-order valence-electron chi connectivity index (χ0n) is 16.7. The number of carbonyl (C=O) groups excluding carboxylic acids is 1. The standard InChI is InChI=1S/C21H18FN7O2/c1-13(2)29-12-24-28-20(29)17-5-3-6-18(25-17)26-21(30)15-11-14(8-9-16(15)22)31-19-7-4-10-23-27-19/h3-13H,1-2H3,(H,25,26,30). The number of hydrogen-bond acceptors (Lipinski definition) is 7. The molecule has 0 aliphatic heterocycles. The van der Waals surface area contributed by atoms with Crippen LogP contribution in [-0.2, 0) is 0 Å². The molecule has 4 rings (SSSR count). The zero-order chi connectivity index (χ0) is 21.8. The summed E-state index contributed by atoms with van der Waals surface area (Å²) in [5.41, 5.74) is 0.336. The Bertz CT molecular complexity index is 1210. The number of nitrogens with one attached hydrogen (secondary N) is 1. The molecular weight excluding hydrogens is 401 g/mol. The number of ether oxygens (including phenoxy) is 1. The fraction of sp³-hybridized carbons (Fsp3) is 0.143. The lowest BCUT2D eigenvalue weighted by atomic mass is 10.2. The van der Waals surface area contributed by atoms with Crippen molar-refractivity contribution in [2.45, 2.75) is 19.9 Å². The second kappa shape index (κ2) is 8.66. The van der Waals surface area contributed by atoms with Crippen LogP contribution >= 0.6 is 0 Å². The van der Waals surface area contributed by atoms with Gasteiger partial charge in [-0.25, -0.2) is 9.37 Å². The fourth-order valence-corrected chi connectivity index (χ4v) is 2.82. The summed E-state index contributed by atoms with van der Waals surface area (Å²) < 4.78 is 21.7. The van der Waals surface area contributed by atoms with Crippen molar-refractivity contribution in [3.05, 3.63) is 72.4 Å². The van der Waals surface area contributed by atoms with Gasteiger partial charge >= 0.3 is 0 Å². The maximum Gasteiger partial charge on any atom is 0.259 e. The van der Waals surface area contributed by atoms with Crippen molar-refractivity contribution in [2.24, 2.45) is 0 Å². The van der Waals surface area contributed by atoms with Crippen LogP contribution in [0.15, 0.2) is 61.1 Å². The Morgan fingerprint density at radius 2 is 1.97 bits per heavy atom. The lowest BCUT2D eigenvalue weighted by molar-refractivity contribution is 0.102. The minimum Gasteiger partial charge on any atom is -0.437 e. The van der Waals surface area contributed by atoms with Gasteiger partial charge in [-0.1, -0.05) is 6.07 Å². The van der Waals surface area contributed by atoms with E-state index in [9.17, 15) is 9.18 Å². The molecule has 0 saturated carbocycles. The first-order chi connectivity index (χ1) is 15.0. The molecule has 1 N–H and O–H groups in total. The van der Waals surface area contributed by atoms with E-state index >= 15 is 0 Å². The van der Waals surface area contributed by atoms with E-state index < -0.39 is 11.7 Å². The van der Waals surface area contributed by atoms with Crippen molar-refractivity contribution in [3.63, 3.8) is 0 Å². The largest absolute Gasteiger partial charge is 0.437 e. The van der Waals surface area contributed by atoms with Gasteiger partial charge < -0.3 is 14.6 Å². The number of benzene rings is 1. The van der Waals surface area contributed by atoms with Gasteiger partial charge in [0.1, 0.15) is 29.4 Å². The monoisotopic (exact) mass is 419 g/mol. The van der Waals surface area contributed by atoms with Crippen LogP contribution in [0.5, 0.6) is 11.6 Å². The lowest BCUT2D eigenvalue weighted by Crippen LogP contribution is -2.15. The summed E-state index contributed by atoms with van der Waals surface area (Å²) in [5, 5.41) is 18.2. The predicted octanol–water partition coefficient (Wildman–Crippen LogP) is 3.89. The third-order valence-electron chi connectivity index (χ3n) is 4.30. The first kappa shape index (κ1) is 20.1. The van der Waals surface area contributed by atoms with Crippen LogP contribution in [0.3, 0.4) is 0 Å². The Morgan fingerprint density at radius 1 is 1.10 bits per heavy atom. The molecular formula is C21H18FN7O2. The van der Waals surface area contributed by atoms with Crippen molar-refractivity contribution < 1.29 is 13.9 Å². The first-order valence-electron chi connectivity index (χ1n) is 9.44. The van der Waals surface area contributed by atoms with Gasteiger partial charge in [0, 0.05) is 18.3 Å². The number of carbonyl (C=O) groups is 1. The number of halogens is 1. The Balaban J connectivity index is 1.56. The van der Waals surface area contributed by atoms with Crippen molar-refractivity contribution >= 4 is 11.7 Å². The molecule has 0 spiro atoms. The number of amides is 1. The Hall–Kier alpha value is -4.21. The summed E-state index contributed by atoms with van der Waals surface area (Å²) in [5.74, 6) is -0.0724. The van der Waals surface area contributed by atoms with E-state index in [-0.39, 0.29) is 29.1 Å². The second-order valence-corrected chi connectivity index (χ2v) is 6.82. The van der Waals surface area contributed by atoms with Gasteiger partial charge in [0.05, 0.1) is 5.56 Å². The van der Waals surface area contributed by atoms with Crippen molar-refractivity contribution in [1.82, 2.24) is 29.9 Å². The number of hydrogen-bond donors (Lipinski definition) is 1. The van der Waals surface area contributed by atoms with Crippen LogP contribution < -0.4 is 10.1 Å². The number of aromatic nitrogens is 6. The molecule has 1 amide bonds. The Kier molecular flexibility index (Phi) is 5.61. The Morgan fingerprint density at radius 3 is 2.74 bits per heavy atom. The van der Waals surface area contributed by atoms with Gasteiger partial charge in [-0.05, 0) is 50.2 Å². The highest BCUT2D eigenvalue weighted by Gasteiger charge is 2.16. The van der Waals surface area contributed by atoms with Crippen molar-refractivity contribution in [1.29, 1.82) is 0 Å². The summed E-state index contributed by atoms with van der Waals surface area (Å²) >= 11 is 0. The van der Waals surface area contributed by atoms with E-state index in [1.807, 2.05) is 18.4 Å². The number of rotatable bonds is 6. The van der Waals surface area contributed by atoms with E-state index in [4.69, 9.17) is 4.74 Å². The SMILES string of the molecule is CC(C)n1cnnc1-c1cccc(NC(=O)c2cc(Oc3cccnn3)ccc2F)n1. The molecule has 31 heavy (non-hydrogen) atoms. The van der Waals surface area contributed by atoms with Gasteiger partial charge in [0.2, 0.25) is 5.88 Å². The summed E-state index contributed by atoms with van der Waals surface area (Å²) in [4.78, 5) is 17.1. The molecule has 10 heteroatoms. The molecule has 3 aromatic heterocycles. The quantitative estimate of drug-likeness (QED) is 0.505. The number of nitrogens with zero attached hydrogens (tertiary/aromatic N) is 6. The van der Waals surface area contributed by atoms with E-state index in [1.165, 1.54) is 18.3 Å². The molecule has 1 aromatic carbocycles. The minimum atomic E-state index is -0.695. The van der Waals surface area contributed by atoms with Gasteiger partial charge in [0.15, 0.2) is 5.82 Å². The molecule has 0 bridgehead atoms. The molecule has 0 saturated heterocycles. The van der Waals surface area contributed by atoms with E-state index in [0.717, 1.165) is 6.07 Å². The van der Waals surface area contributed by atoms with Crippen molar-refractivity contribution in [3.8, 4) is 23.1 Å².